The van der Waals surface area contributed by atoms with Crippen LogP contribution in [-0.2, 0) is 14.8 Å². The van der Waals surface area contributed by atoms with Crippen molar-refractivity contribution in [1.29, 1.82) is 0 Å². The number of rotatable bonds is 9. The molecule has 34 heavy (non-hydrogen) atoms. The lowest BCUT2D eigenvalue weighted by molar-refractivity contribution is -0.384. The average Bonchev–Trinajstić information content (AvgIpc) is 2.80. The Morgan fingerprint density at radius 2 is 1.62 bits per heavy atom. The number of hydrogen-bond acceptors (Lipinski definition) is 7. The fourth-order valence-electron chi connectivity index (χ4n) is 3.04. The molecule has 0 saturated carbocycles. The zero-order valence-electron chi connectivity index (χ0n) is 18.4. The summed E-state index contributed by atoms with van der Waals surface area (Å²) in [6, 6.07) is 19.9. The van der Waals surface area contributed by atoms with Gasteiger partial charge in [0.05, 0.1) is 23.1 Å². The highest BCUT2D eigenvalue weighted by molar-refractivity contribution is 7.92. The maximum atomic E-state index is 12.6. The molecule has 0 aliphatic carbocycles. The molecule has 0 spiro atoms. The minimum atomic E-state index is -3.81. The van der Waals surface area contributed by atoms with Crippen LogP contribution in [0.2, 0.25) is 0 Å². The van der Waals surface area contributed by atoms with Gasteiger partial charge in [0, 0.05) is 12.1 Å². The normalized spacial score (nSPS) is 12.2. The van der Waals surface area contributed by atoms with Gasteiger partial charge in [-0.2, -0.15) is 5.10 Å². The van der Waals surface area contributed by atoms with Crippen LogP contribution < -0.4 is 14.5 Å². The molecule has 10 nitrogen and oxygen atoms in total. The molecule has 1 atom stereocenters. The summed E-state index contributed by atoms with van der Waals surface area (Å²) in [6.45, 7) is 1.44. The Morgan fingerprint density at radius 3 is 2.18 bits per heavy atom. The molecule has 3 aromatic carbocycles. The highest BCUT2D eigenvalue weighted by atomic mass is 32.2. The fraction of sp³-hybridized carbons (Fsp3) is 0.130. The number of benzene rings is 3. The summed E-state index contributed by atoms with van der Waals surface area (Å²) in [5, 5.41) is 14.5. The predicted molar refractivity (Wildman–Crippen MR) is 129 cm³/mol. The van der Waals surface area contributed by atoms with Crippen molar-refractivity contribution >= 4 is 33.5 Å². The number of hydrazone groups is 1. The monoisotopic (exact) mass is 482 g/mol. The summed E-state index contributed by atoms with van der Waals surface area (Å²) in [5.74, 6) is 0.482. The Kier molecular flexibility index (Phi) is 7.59. The zero-order chi connectivity index (χ0) is 24.7. The molecular weight excluding hydrogens is 460 g/mol. The van der Waals surface area contributed by atoms with Crippen LogP contribution in [0.4, 0.5) is 11.4 Å². The van der Waals surface area contributed by atoms with Gasteiger partial charge in [-0.05, 0) is 61.0 Å². The van der Waals surface area contributed by atoms with Gasteiger partial charge < -0.3 is 4.74 Å². The van der Waals surface area contributed by atoms with Gasteiger partial charge in [0.1, 0.15) is 17.5 Å². The average molecular weight is 483 g/mol. The smallest absolute Gasteiger partial charge is 0.269 e. The minimum Gasteiger partial charge on any atom is -0.457 e. The molecule has 0 bridgehead atoms. The van der Waals surface area contributed by atoms with E-state index >= 15 is 0 Å². The number of carbonyl (C=O) groups is 1. The van der Waals surface area contributed by atoms with E-state index in [-0.39, 0.29) is 11.4 Å². The number of nitrogens with one attached hydrogen (secondary N) is 1. The number of hydrogen-bond donors (Lipinski definition) is 1. The summed E-state index contributed by atoms with van der Waals surface area (Å²) in [7, 11) is -3.81. The fourth-order valence-corrected chi connectivity index (χ4v) is 4.22. The molecule has 3 aromatic rings. The van der Waals surface area contributed by atoms with Crippen LogP contribution in [0.5, 0.6) is 11.5 Å². The van der Waals surface area contributed by atoms with Crippen molar-refractivity contribution in [1.82, 2.24) is 5.43 Å². The molecule has 0 unspecified atom stereocenters. The Labute approximate surface area is 196 Å². The number of non-ortho nitro benzene ring substituents is 1. The standard InChI is InChI=1S/C23H22N4O6S/c1-17(23(28)25-24-16-18-8-10-20(11-9-18)27(29)30)26(34(2,31)32)19-12-14-22(15-13-19)33-21-6-4-3-5-7-21/h3-17H,1-2H3,(H,25,28)/b24-16-/t17-/m1/s1. The van der Waals surface area contributed by atoms with E-state index in [4.69, 9.17) is 4.74 Å². The molecule has 0 fully saturated rings. The van der Waals surface area contributed by atoms with Gasteiger partial charge in [-0.25, -0.2) is 13.8 Å². The predicted octanol–water partition coefficient (Wildman–Crippen LogP) is 3.69. The lowest BCUT2D eigenvalue weighted by Crippen LogP contribution is -2.46. The van der Waals surface area contributed by atoms with E-state index in [9.17, 15) is 23.3 Å². The molecule has 0 aliphatic heterocycles. The minimum absolute atomic E-state index is 0.0706. The number of nitro benzene ring substituents is 1. The van der Waals surface area contributed by atoms with Crippen LogP contribution in [0.3, 0.4) is 0 Å². The summed E-state index contributed by atoms with van der Waals surface area (Å²) in [6.07, 6.45) is 2.31. The molecule has 0 radical (unpaired) electrons. The number of nitro groups is 1. The van der Waals surface area contributed by atoms with Crippen LogP contribution in [0.1, 0.15) is 12.5 Å². The first kappa shape index (κ1) is 24.4. The van der Waals surface area contributed by atoms with Crippen LogP contribution in [-0.4, -0.2) is 37.8 Å². The molecule has 3 rings (SSSR count). The van der Waals surface area contributed by atoms with Gasteiger partial charge in [0.25, 0.3) is 11.6 Å². The van der Waals surface area contributed by atoms with Gasteiger partial charge in [0.15, 0.2) is 0 Å². The lowest BCUT2D eigenvalue weighted by atomic mass is 10.2. The summed E-state index contributed by atoms with van der Waals surface area (Å²) in [5.41, 5.74) is 3.03. The highest BCUT2D eigenvalue weighted by Crippen LogP contribution is 2.26. The number of carbonyl (C=O) groups excluding carboxylic acids is 1. The summed E-state index contributed by atoms with van der Waals surface area (Å²) < 4.78 is 31.6. The zero-order valence-corrected chi connectivity index (χ0v) is 19.2. The van der Waals surface area contributed by atoms with Crippen molar-refractivity contribution in [2.45, 2.75) is 13.0 Å². The lowest BCUT2D eigenvalue weighted by Gasteiger charge is -2.27. The number of nitrogens with zero attached hydrogens (tertiary/aromatic N) is 3. The van der Waals surface area contributed by atoms with E-state index in [1.807, 2.05) is 18.2 Å². The summed E-state index contributed by atoms with van der Waals surface area (Å²) in [4.78, 5) is 22.8. The van der Waals surface area contributed by atoms with Crippen molar-refractivity contribution in [2.75, 3.05) is 10.6 Å². The van der Waals surface area contributed by atoms with Crippen molar-refractivity contribution < 1.29 is 22.9 Å². The van der Waals surface area contributed by atoms with E-state index < -0.39 is 26.9 Å². The molecule has 1 N–H and O–H groups in total. The molecular formula is C23H22N4O6S. The van der Waals surface area contributed by atoms with Crippen LogP contribution >= 0.6 is 0 Å². The van der Waals surface area contributed by atoms with E-state index in [1.165, 1.54) is 37.4 Å². The first-order chi connectivity index (χ1) is 16.1. The Morgan fingerprint density at radius 1 is 1.03 bits per heavy atom. The Bertz CT molecular complexity index is 1280. The largest absolute Gasteiger partial charge is 0.457 e. The van der Waals surface area contributed by atoms with Gasteiger partial charge in [-0.3, -0.25) is 19.2 Å². The van der Waals surface area contributed by atoms with E-state index in [0.29, 0.717) is 17.1 Å². The third-order valence-corrected chi connectivity index (χ3v) is 5.89. The molecule has 0 aliphatic rings. The quantitative estimate of drug-likeness (QED) is 0.281. The first-order valence-electron chi connectivity index (χ1n) is 10.0. The van der Waals surface area contributed by atoms with E-state index in [2.05, 4.69) is 10.5 Å². The maximum Gasteiger partial charge on any atom is 0.269 e. The second-order valence-electron chi connectivity index (χ2n) is 7.23. The van der Waals surface area contributed by atoms with Crippen molar-refractivity contribution in [3.05, 3.63) is 94.5 Å². The first-order valence-corrected chi connectivity index (χ1v) is 11.9. The van der Waals surface area contributed by atoms with Gasteiger partial charge in [-0.1, -0.05) is 18.2 Å². The number of para-hydroxylation sites is 1. The number of anilines is 1. The molecule has 176 valence electrons. The topological polar surface area (TPSA) is 131 Å². The third kappa shape index (κ3) is 6.39. The van der Waals surface area contributed by atoms with Crippen molar-refractivity contribution in [3.8, 4) is 11.5 Å². The molecule has 0 saturated heterocycles. The second-order valence-corrected chi connectivity index (χ2v) is 9.09. The third-order valence-electron chi connectivity index (χ3n) is 4.65. The van der Waals surface area contributed by atoms with Gasteiger partial charge in [0.2, 0.25) is 10.0 Å². The SMILES string of the molecule is C[C@H](C(=O)N/N=C\c1ccc([N+](=O)[O-])cc1)N(c1ccc(Oc2ccccc2)cc1)S(C)(=O)=O. The highest BCUT2D eigenvalue weighted by Gasteiger charge is 2.29. The van der Waals surface area contributed by atoms with Crippen molar-refractivity contribution in [3.63, 3.8) is 0 Å². The van der Waals surface area contributed by atoms with Gasteiger partial charge in [-0.15, -0.1) is 0 Å². The number of ether oxygens (including phenoxy) is 1. The maximum absolute atomic E-state index is 12.6. The van der Waals surface area contributed by atoms with E-state index in [1.54, 1.807) is 36.4 Å². The van der Waals surface area contributed by atoms with Crippen LogP contribution in [0.15, 0.2) is 84.0 Å². The Balaban J connectivity index is 1.70. The molecule has 0 aromatic heterocycles. The van der Waals surface area contributed by atoms with E-state index in [0.717, 1.165) is 10.6 Å². The molecule has 1 amide bonds. The number of amides is 1. The number of sulfonamides is 1. The molecule has 0 heterocycles. The second kappa shape index (κ2) is 10.6. The summed E-state index contributed by atoms with van der Waals surface area (Å²) >= 11 is 0. The van der Waals surface area contributed by atoms with Crippen LogP contribution in [0, 0.1) is 10.1 Å². The van der Waals surface area contributed by atoms with Crippen molar-refractivity contribution in [2.24, 2.45) is 5.10 Å². The molecule has 11 heteroatoms. The Hall–Kier alpha value is -4.25. The van der Waals surface area contributed by atoms with Gasteiger partial charge >= 0.3 is 0 Å². The van der Waals surface area contributed by atoms with Crippen LogP contribution in [0.25, 0.3) is 0 Å².